The molecule has 0 bridgehead atoms. The predicted octanol–water partition coefficient (Wildman–Crippen LogP) is 4.54. The fourth-order valence-electron chi connectivity index (χ4n) is 3.72. The molecule has 0 aliphatic carbocycles. The molecule has 0 saturated carbocycles. The topological polar surface area (TPSA) is 66.8 Å². The molecule has 1 fully saturated rings. The zero-order valence-electron chi connectivity index (χ0n) is 18.0. The summed E-state index contributed by atoms with van der Waals surface area (Å²) >= 11 is 0. The van der Waals surface area contributed by atoms with Gasteiger partial charge in [-0.05, 0) is 39.7 Å². The summed E-state index contributed by atoms with van der Waals surface area (Å²) in [6, 6.07) is 14.4. The number of aryl methyl sites for hydroxylation is 2. The van der Waals surface area contributed by atoms with E-state index in [1.54, 1.807) is 17.0 Å². The molecule has 1 saturated heterocycles. The highest BCUT2D eigenvalue weighted by Crippen LogP contribution is 2.39. The second-order valence-corrected chi connectivity index (χ2v) is 8.05. The van der Waals surface area contributed by atoms with Crippen LogP contribution in [-0.2, 0) is 14.3 Å². The molecule has 1 aliphatic rings. The summed E-state index contributed by atoms with van der Waals surface area (Å²) in [5, 5.41) is 11.0. The van der Waals surface area contributed by atoms with Crippen molar-refractivity contribution in [1.29, 1.82) is 0 Å². The van der Waals surface area contributed by atoms with Crippen molar-refractivity contribution in [2.24, 2.45) is 0 Å². The van der Waals surface area contributed by atoms with Gasteiger partial charge in [-0.1, -0.05) is 59.7 Å². The summed E-state index contributed by atoms with van der Waals surface area (Å²) in [5.41, 5.74) is 3.55. The Morgan fingerprint density at radius 2 is 1.77 bits per heavy atom. The van der Waals surface area contributed by atoms with Crippen LogP contribution in [0, 0.1) is 13.8 Å². The lowest BCUT2D eigenvalue weighted by atomic mass is 9.94. The second kappa shape index (κ2) is 9.26. The Balaban J connectivity index is 2.03. The lowest BCUT2D eigenvalue weighted by Crippen LogP contribution is -2.31. The van der Waals surface area contributed by atoms with Crippen LogP contribution in [-0.4, -0.2) is 41.0 Å². The van der Waals surface area contributed by atoms with Crippen LogP contribution in [0.4, 0.5) is 0 Å². The number of rotatable bonds is 7. The number of hydrogen-bond acceptors (Lipinski definition) is 4. The first-order chi connectivity index (χ1) is 14.3. The minimum Gasteiger partial charge on any atom is -0.507 e. The maximum Gasteiger partial charge on any atom is 0.295 e. The lowest BCUT2D eigenvalue weighted by molar-refractivity contribution is -0.140. The molecular formula is C25H29NO4. The molecule has 1 heterocycles. The average molecular weight is 408 g/mol. The molecule has 1 unspecified atom stereocenters. The predicted molar refractivity (Wildman–Crippen MR) is 117 cm³/mol. The highest BCUT2D eigenvalue weighted by molar-refractivity contribution is 6.46. The van der Waals surface area contributed by atoms with Gasteiger partial charge in [0.15, 0.2) is 0 Å². The Labute approximate surface area is 178 Å². The first-order valence-electron chi connectivity index (χ1n) is 10.3. The molecule has 1 aliphatic heterocycles. The standard InChI is InChI=1S/C25H29NO4/c1-16(2)30-14-6-13-26-22(20-8-5-7-18(4)15-20)21(24(28)25(26)29)23(27)19-11-9-17(3)10-12-19/h5,7-12,15-16,22,27H,6,13-14H2,1-4H3/b23-21-. The number of carbonyl (C=O) groups is 2. The van der Waals surface area contributed by atoms with Crippen LogP contribution >= 0.6 is 0 Å². The molecule has 0 aromatic heterocycles. The Kier molecular flexibility index (Phi) is 6.73. The van der Waals surface area contributed by atoms with Crippen LogP contribution in [0.2, 0.25) is 0 Å². The quantitative estimate of drug-likeness (QED) is 0.317. The number of aliphatic hydroxyl groups is 1. The summed E-state index contributed by atoms with van der Waals surface area (Å²) < 4.78 is 5.59. The first kappa shape index (κ1) is 21.8. The Morgan fingerprint density at radius 3 is 2.40 bits per heavy atom. The fraction of sp³-hybridized carbons (Fsp3) is 0.360. The Hall–Kier alpha value is -2.92. The van der Waals surface area contributed by atoms with Crippen LogP contribution in [0.25, 0.3) is 5.76 Å². The third kappa shape index (κ3) is 4.62. The van der Waals surface area contributed by atoms with E-state index in [1.165, 1.54) is 0 Å². The third-order valence-corrected chi connectivity index (χ3v) is 5.22. The number of Topliss-reactive ketones (excluding diaryl/α,β-unsaturated/α-hetero) is 1. The molecule has 5 nitrogen and oxygen atoms in total. The number of amides is 1. The van der Waals surface area contributed by atoms with Gasteiger partial charge < -0.3 is 14.7 Å². The Bertz CT molecular complexity index is 959. The average Bonchev–Trinajstić information content (AvgIpc) is 2.96. The molecule has 1 atom stereocenters. The van der Waals surface area contributed by atoms with E-state index in [9.17, 15) is 14.7 Å². The first-order valence-corrected chi connectivity index (χ1v) is 10.3. The summed E-state index contributed by atoms with van der Waals surface area (Å²) in [6.07, 6.45) is 0.715. The van der Waals surface area contributed by atoms with E-state index in [0.717, 1.165) is 16.7 Å². The van der Waals surface area contributed by atoms with Gasteiger partial charge in [0.25, 0.3) is 11.7 Å². The number of likely N-dealkylation sites (tertiary alicyclic amines) is 1. The molecule has 2 aromatic carbocycles. The van der Waals surface area contributed by atoms with Crippen LogP contribution in [0.5, 0.6) is 0 Å². The van der Waals surface area contributed by atoms with Crippen molar-refractivity contribution in [1.82, 2.24) is 4.90 Å². The lowest BCUT2D eigenvalue weighted by Gasteiger charge is -2.25. The van der Waals surface area contributed by atoms with Gasteiger partial charge >= 0.3 is 0 Å². The molecule has 0 spiro atoms. The number of nitrogens with zero attached hydrogens (tertiary/aromatic N) is 1. The van der Waals surface area contributed by atoms with Crippen molar-refractivity contribution in [3.8, 4) is 0 Å². The van der Waals surface area contributed by atoms with Gasteiger partial charge in [0, 0.05) is 18.7 Å². The number of hydrogen-bond donors (Lipinski definition) is 1. The molecular weight excluding hydrogens is 378 g/mol. The highest BCUT2D eigenvalue weighted by Gasteiger charge is 2.45. The van der Waals surface area contributed by atoms with Crippen molar-refractivity contribution >= 4 is 17.4 Å². The molecule has 1 N–H and O–H groups in total. The van der Waals surface area contributed by atoms with E-state index >= 15 is 0 Å². The van der Waals surface area contributed by atoms with Crippen molar-refractivity contribution in [2.75, 3.05) is 13.2 Å². The maximum absolute atomic E-state index is 13.0. The number of ether oxygens (including phenoxy) is 1. The maximum atomic E-state index is 13.0. The molecule has 0 radical (unpaired) electrons. The third-order valence-electron chi connectivity index (χ3n) is 5.22. The summed E-state index contributed by atoms with van der Waals surface area (Å²) in [6.45, 7) is 8.71. The summed E-state index contributed by atoms with van der Waals surface area (Å²) in [5.74, 6) is -1.37. The van der Waals surface area contributed by atoms with Crippen molar-refractivity contribution in [3.05, 3.63) is 76.4 Å². The molecule has 3 rings (SSSR count). The van der Waals surface area contributed by atoms with Gasteiger partial charge in [-0.2, -0.15) is 0 Å². The van der Waals surface area contributed by atoms with Gasteiger partial charge in [-0.25, -0.2) is 0 Å². The molecule has 158 valence electrons. The van der Waals surface area contributed by atoms with Crippen LogP contribution in [0.3, 0.4) is 0 Å². The second-order valence-electron chi connectivity index (χ2n) is 8.05. The van der Waals surface area contributed by atoms with Crippen LogP contribution in [0.1, 0.15) is 48.6 Å². The Morgan fingerprint density at radius 1 is 1.07 bits per heavy atom. The zero-order valence-corrected chi connectivity index (χ0v) is 18.0. The van der Waals surface area contributed by atoms with Gasteiger partial charge in [-0.15, -0.1) is 0 Å². The van der Waals surface area contributed by atoms with E-state index in [1.807, 2.05) is 64.1 Å². The highest BCUT2D eigenvalue weighted by atomic mass is 16.5. The smallest absolute Gasteiger partial charge is 0.295 e. The zero-order chi connectivity index (χ0) is 21.8. The minimum absolute atomic E-state index is 0.106. The van der Waals surface area contributed by atoms with Gasteiger partial charge in [0.1, 0.15) is 5.76 Å². The molecule has 1 amide bonds. The van der Waals surface area contributed by atoms with E-state index in [2.05, 4.69) is 0 Å². The number of aliphatic hydroxyl groups excluding tert-OH is 1. The SMILES string of the molecule is Cc1ccc(/C(O)=C2/C(=O)C(=O)N(CCCOC(C)C)C2c2cccc(C)c2)cc1. The van der Waals surface area contributed by atoms with E-state index in [-0.39, 0.29) is 17.4 Å². The minimum atomic E-state index is -0.649. The summed E-state index contributed by atoms with van der Waals surface area (Å²) in [4.78, 5) is 27.4. The van der Waals surface area contributed by atoms with E-state index < -0.39 is 17.7 Å². The monoisotopic (exact) mass is 407 g/mol. The fourth-order valence-corrected chi connectivity index (χ4v) is 3.72. The molecule has 5 heteroatoms. The van der Waals surface area contributed by atoms with Gasteiger partial charge in [-0.3, -0.25) is 9.59 Å². The van der Waals surface area contributed by atoms with Gasteiger partial charge in [0.05, 0.1) is 17.7 Å². The van der Waals surface area contributed by atoms with Crippen molar-refractivity contribution in [2.45, 2.75) is 46.3 Å². The molecule has 30 heavy (non-hydrogen) atoms. The number of ketones is 1. The molecule has 2 aromatic rings. The van der Waals surface area contributed by atoms with Crippen molar-refractivity contribution < 1.29 is 19.4 Å². The normalized spacial score (nSPS) is 18.4. The largest absolute Gasteiger partial charge is 0.507 e. The van der Waals surface area contributed by atoms with E-state index in [4.69, 9.17) is 4.74 Å². The van der Waals surface area contributed by atoms with Crippen LogP contribution in [0.15, 0.2) is 54.1 Å². The number of carbonyl (C=O) groups excluding carboxylic acids is 2. The van der Waals surface area contributed by atoms with E-state index in [0.29, 0.717) is 25.1 Å². The van der Waals surface area contributed by atoms with Gasteiger partial charge in [0.2, 0.25) is 0 Å². The van der Waals surface area contributed by atoms with Crippen molar-refractivity contribution in [3.63, 3.8) is 0 Å². The number of benzene rings is 2. The van der Waals surface area contributed by atoms with Crippen LogP contribution < -0.4 is 0 Å². The summed E-state index contributed by atoms with van der Waals surface area (Å²) in [7, 11) is 0.